The molecule has 0 amide bonds. The maximum absolute atomic E-state index is 13.3. The summed E-state index contributed by atoms with van der Waals surface area (Å²) in [5.74, 6) is -1.27. The first-order valence-electron chi connectivity index (χ1n) is 5.39. The minimum atomic E-state index is -0.627. The van der Waals surface area contributed by atoms with E-state index in [2.05, 4.69) is 0 Å². The van der Waals surface area contributed by atoms with E-state index in [1.54, 1.807) is 0 Å². The van der Waals surface area contributed by atoms with E-state index in [0.717, 1.165) is 30.5 Å². The normalized spacial score (nSPS) is 10.5. The molecule has 19 heavy (non-hydrogen) atoms. The van der Waals surface area contributed by atoms with Crippen molar-refractivity contribution < 1.29 is 23.0 Å². The average molecular weight is 268 g/mol. The second kappa shape index (κ2) is 5.62. The Balaban J connectivity index is 2.14. The molecule has 1 N–H and O–H groups in total. The highest BCUT2D eigenvalue weighted by Gasteiger charge is 2.08. The summed E-state index contributed by atoms with van der Waals surface area (Å²) in [5.41, 5.74) is -0.516. The van der Waals surface area contributed by atoms with Crippen LogP contribution in [0.4, 0.5) is 8.78 Å². The van der Waals surface area contributed by atoms with E-state index in [0.29, 0.717) is 0 Å². The summed E-state index contributed by atoms with van der Waals surface area (Å²) in [6.07, 6.45) is 1.02. The monoisotopic (exact) mass is 268 g/mol. The number of hydrogen-bond donors (Lipinski definition) is 1. The molecule has 1 aromatic heterocycles. The van der Waals surface area contributed by atoms with Crippen molar-refractivity contribution in [3.63, 3.8) is 0 Å². The third-order valence-electron chi connectivity index (χ3n) is 2.40. The lowest BCUT2D eigenvalue weighted by atomic mass is 10.2. The van der Waals surface area contributed by atoms with Crippen molar-refractivity contribution in [1.82, 2.24) is 0 Å². The van der Waals surface area contributed by atoms with Gasteiger partial charge in [0.2, 0.25) is 11.2 Å². The van der Waals surface area contributed by atoms with Crippen LogP contribution in [0.25, 0.3) is 0 Å². The quantitative estimate of drug-likeness (QED) is 0.921. The lowest BCUT2D eigenvalue weighted by molar-refractivity contribution is 0.235. The molecule has 0 atom stereocenters. The molecule has 0 spiro atoms. The Morgan fingerprint density at radius 1 is 1.26 bits per heavy atom. The molecule has 6 heteroatoms. The SMILES string of the molecule is O=c1cc(CO)occ1OCc1cc(F)ccc1F. The Labute approximate surface area is 106 Å². The van der Waals surface area contributed by atoms with E-state index in [1.807, 2.05) is 0 Å². The molecule has 0 aliphatic rings. The number of halogens is 2. The van der Waals surface area contributed by atoms with E-state index in [4.69, 9.17) is 14.3 Å². The number of benzene rings is 1. The van der Waals surface area contributed by atoms with Gasteiger partial charge in [0.25, 0.3) is 0 Å². The van der Waals surface area contributed by atoms with E-state index in [9.17, 15) is 13.6 Å². The molecular weight excluding hydrogens is 258 g/mol. The summed E-state index contributed by atoms with van der Waals surface area (Å²) in [6, 6.07) is 4.02. The van der Waals surface area contributed by atoms with Gasteiger partial charge in [-0.2, -0.15) is 0 Å². The first-order chi connectivity index (χ1) is 9.10. The zero-order valence-corrected chi connectivity index (χ0v) is 9.73. The molecule has 100 valence electrons. The molecule has 2 aromatic rings. The Hall–Kier alpha value is -2.21. The van der Waals surface area contributed by atoms with Crippen LogP contribution < -0.4 is 10.2 Å². The Bertz CT molecular complexity index is 637. The number of hydrogen-bond acceptors (Lipinski definition) is 4. The molecule has 1 heterocycles. The van der Waals surface area contributed by atoms with Gasteiger partial charge < -0.3 is 14.3 Å². The molecule has 0 saturated carbocycles. The van der Waals surface area contributed by atoms with Gasteiger partial charge in [0.05, 0.1) is 0 Å². The van der Waals surface area contributed by atoms with Gasteiger partial charge in [-0.25, -0.2) is 8.78 Å². The number of rotatable bonds is 4. The Morgan fingerprint density at radius 2 is 2.05 bits per heavy atom. The molecule has 0 fully saturated rings. The van der Waals surface area contributed by atoms with Crippen LogP contribution in [0.15, 0.2) is 39.7 Å². The van der Waals surface area contributed by atoms with Crippen molar-refractivity contribution in [3.05, 3.63) is 63.7 Å². The maximum atomic E-state index is 13.3. The van der Waals surface area contributed by atoms with E-state index in [-0.39, 0.29) is 23.7 Å². The molecule has 0 bridgehead atoms. The molecule has 0 saturated heterocycles. The van der Waals surface area contributed by atoms with Crippen LogP contribution >= 0.6 is 0 Å². The van der Waals surface area contributed by atoms with Crippen LogP contribution in [0.5, 0.6) is 5.75 Å². The van der Waals surface area contributed by atoms with Gasteiger partial charge in [-0.3, -0.25) is 4.79 Å². The van der Waals surface area contributed by atoms with Gasteiger partial charge in [-0.1, -0.05) is 0 Å². The molecule has 0 aliphatic carbocycles. The van der Waals surface area contributed by atoms with Gasteiger partial charge in [-0.05, 0) is 18.2 Å². The first kappa shape index (κ1) is 13.2. The minimum absolute atomic E-state index is 0.00867. The first-order valence-corrected chi connectivity index (χ1v) is 5.39. The van der Waals surface area contributed by atoms with Gasteiger partial charge in [0.15, 0.2) is 0 Å². The van der Waals surface area contributed by atoms with Crippen LogP contribution in [0.2, 0.25) is 0 Å². The maximum Gasteiger partial charge on any atom is 0.227 e. The third-order valence-corrected chi connectivity index (χ3v) is 2.40. The van der Waals surface area contributed by atoms with Crippen LogP contribution in [-0.4, -0.2) is 5.11 Å². The summed E-state index contributed by atoms with van der Waals surface area (Å²) in [5, 5.41) is 8.76. The summed E-state index contributed by atoms with van der Waals surface area (Å²) in [6.45, 7) is -0.707. The van der Waals surface area contributed by atoms with Crippen LogP contribution in [0.1, 0.15) is 11.3 Å². The van der Waals surface area contributed by atoms with E-state index >= 15 is 0 Å². The molecule has 2 rings (SSSR count). The lowest BCUT2D eigenvalue weighted by Crippen LogP contribution is -2.08. The van der Waals surface area contributed by atoms with Crippen LogP contribution in [0, 0.1) is 11.6 Å². The highest BCUT2D eigenvalue weighted by molar-refractivity contribution is 5.21. The third kappa shape index (κ3) is 3.17. The van der Waals surface area contributed by atoms with Gasteiger partial charge in [0.1, 0.15) is 36.9 Å². The summed E-state index contributed by atoms with van der Waals surface area (Å²) in [7, 11) is 0. The lowest BCUT2D eigenvalue weighted by Gasteiger charge is -2.06. The molecule has 1 aromatic carbocycles. The van der Waals surface area contributed by atoms with Crippen molar-refractivity contribution >= 4 is 0 Å². The molecule has 0 aliphatic heterocycles. The molecular formula is C13H10F2O4. The molecule has 0 unspecified atom stereocenters. The Kier molecular flexibility index (Phi) is 3.91. The van der Waals surface area contributed by atoms with Crippen molar-refractivity contribution in [3.8, 4) is 5.75 Å². The van der Waals surface area contributed by atoms with Crippen molar-refractivity contribution in [2.45, 2.75) is 13.2 Å². The number of aliphatic hydroxyl groups excluding tert-OH is 1. The van der Waals surface area contributed by atoms with Crippen LogP contribution in [-0.2, 0) is 13.2 Å². The fraction of sp³-hybridized carbons (Fsp3) is 0.154. The second-order valence-corrected chi connectivity index (χ2v) is 3.76. The van der Waals surface area contributed by atoms with Crippen molar-refractivity contribution in [2.24, 2.45) is 0 Å². The zero-order chi connectivity index (χ0) is 13.8. The summed E-state index contributed by atoms with van der Waals surface area (Å²) < 4.78 is 36.2. The largest absolute Gasteiger partial charge is 0.482 e. The smallest absolute Gasteiger partial charge is 0.227 e. The fourth-order valence-electron chi connectivity index (χ4n) is 1.44. The highest BCUT2D eigenvalue weighted by Crippen LogP contribution is 2.13. The molecule has 0 radical (unpaired) electrons. The van der Waals surface area contributed by atoms with E-state index in [1.165, 1.54) is 0 Å². The number of aliphatic hydroxyl groups is 1. The predicted octanol–water partition coefficient (Wildman–Crippen LogP) is 1.99. The van der Waals surface area contributed by atoms with Gasteiger partial charge in [-0.15, -0.1) is 0 Å². The highest BCUT2D eigenvalue weighted by atomic mass is 19.1. The molecule has 4 nitrogen and oxygen atoms in total. The topological polar surface area (TPSA) is 59.7 Å². The standard InChI is InChI=1S/C13H10F2O4/c14-9-1-2-11(15)8(3-9)6-19-13-7-18-10(5-16)4-12(13)17/h1-4,7,16H,5-6H2. The average Bonchev–Trinajstić information content (AvgIpc) is 2.40. The number of ether oxygens (including phenoxy) is 1. The fourth-order valence-corrected chi connectivity index (χ4v) is 1.44. The minimum Gasteiger partial charge on any atom is -0.482 e. The van der Waals surface area contributed by atoms with Gasteiger partial charge in [0, 0.05) is 11.6 Å². The van der Waals surface area contributed by atoms with Crippen molar-refractivity contribution in [1.29, 1.82) is 0 Å². The van der Waals surface area contributed by atoms with Crippen molar-refractivity contribution in [2.75, 3.05) is 0 Å². The Morgan fingerprint density at radius 3 is 2.74 bits per heavy atom. The predicted molar refractivity (Wildman–Crippen MR) is 61.6 cm³/mol. The van der Waals surface area contributed by atoms with Gasteiger partial charge >= 0.3 is 0 Å². The summed E-state index contributed by atoms with van der Waals surface area (Å²) in [4.78, 5) is 11.5. The summed E-state index contributed by atoms with van der Waals surface area (Å²) >= 11 is 0. The van der Waals surface area contributed by atoms with E-state index < -0.39 is 23.7 Å². The zero-order valence-electron chi connectivity index (χ0n) is 9.73. The van der Waals surface area contributed by atoms with Crippen LogP contribution in [0.3, 0.4) is 0 Å². The second-order valence-electron chi connectivity index (χ2n) is 3.76.